The van der Waals surface area contributed by atoms with Gasteiger partial charge in [-0.3, -0.25) is 0 Å². The molecule has 0 spiro atoms. The van der Waals surface area contributed by atoms with Crippen LogP contribution in [-0.4, -0.2) is 11.2 Å². The molecular formula is C14H18Cl2O. The molecular weight excluding hydrogens is 255 g/mol. The van der Waals surface area contributed by atoms with E-state index in [1.165, 1.54) is 19.3 Å². The second kappa shape index (κ2) is 6.08. The highest BCUT2D eigenvalue weighted by atomic mass is 35.5. The van der Waals surface area contributed by atoms with Crippen molar-refractivity contribution in [3.05, 3.63) is 33.8 Å². The summed E-state index contributed by atoms with van der Waals surface area (Å²) >= 11 is 12.2. The maximum atomic E-state index is 10.3. The predicted molar refractivity (Wildman–Crippen MR) is 72.7 cm³/mol. The van der Waals surface area contributed by atoms with Crippen molar-refractivity contribution in [2.45, 2.75) is 44.6 Å². The van der Waals surface area contributed by atoms with Crippen molar-refractivity contribution >= 4 is 23.2 Å². The first-order valence-corrected chi connectivity index (χ1v) is 7.05. The Bertz CT molecular complexity index is 352. The first kappa shape index (κ1) is 13.2. The summed E-state index contributed by atoms with van der Waals surface area (Å²) in [5.74, 6) is 0.413. The molecule has 0 aliphatic heterocycles. The van der Waals surface area contributed by atoms with E-state index >= 15 is 0 Å². The fraction of sp³-hybridized carbons (Fsp3) is 0.571. The monoisotopic (exact) mass is 272 g/mol. The van der Waals surface area contributed by atoms with E-state index in [4.69, 9.17) is 23.2 Å². The molecule has 1 nitrogen and oxygen atoms in total. The lowest BCUT2D eigenvalue weighted by atomic mass is 9.83. The summed E-state index contributed by atoms with van der Waals surface area (Å²) in [6, 6.07) is 5.49. The summed E-state index contributed by atoms with van der Waals surface area (Å²) in [5, 5.41) is 11.6. The van der Waals surface area contributed by atoms with Gasteiger partial charge in [-0.05, 0) is 36.5 Å². The Hall–Kier alpha value is -0.240. The van der Waals surface area contributed by atoms with Crippen LogP contribution in [0, 0.1) is 5.92 Å². The van der Waals surface area contributed by atoms with Crippen LogP contribution < -0.4 is 0 Å². The molecule has 1 N–H and O–H groups in total. The minimum absolute atomic E-state index is 0.312. The van der Waals surface area contributed by atoms with Crippen molar-refractivity contribution in [3.63, 3.8) is 0 Å². The van der Waals surface area contributed by atoms with Gasteiger partial charge in [0.05, 0.1) is 6.10 Å². The fourth-order valence-electron chi connectivity index (χ4n) is 2.62. The van der Waals surface area contributed by atoms with E-state index in [0.717, 1.165) is 18.4 Å². The second-order valence-electron chi connectivity index (χ2n) is 4.87. The Morgan fingerprint density at radius 1 is 1.12 bits per heavy atom. The maximum Gasteiger partial charge on any atom is 0.0609 e. The fourth-order valence-corrected chi connectivity index (χ4v) is 3.17. The number of hydrogen-bond donors (Lipinski definition) is 1. The van der Waals surface area contributed by atoms with E-state index < -0.39 is 0 Å². The summed E-state index contributed by atoms with van der Waals surface area (Å²) in [4.78, 5) is 0. The molecule has 0 aromatic heterocycles. The average molecular weight is 273 g/mol. The maximum absolute atomic E-state index is 10.3. The zero-order chi connectivity index (χ0) is 12.3. The minimum Gasteiger partial charge on any atom is -0.392 e. The SMILES string of the molecule is OC(Cc1c(Cl)cccc1Cl)C1CCCCC1. The van der Waals surface area contributed by atoms with Gasteiger partial charge in [0.2, 0.25) is 0 Å². The standard InChI is InChI=1S/C14H18Cl2O/c15-12-7-4-8-13(16)11(12)9-14(17)10-5-2-1-3-6-10/h4,7-8,10,14,17H,1-3,5-6,9H2. The molecule has 0 saturated heterocycles. The van der Waals surface area contributed by atoms with Gasteiger partial charge >= 0.3 is 0 Å². The van der Waals surface area contributed by atoms with Crippen LogP contribution in [0.3, 0.4) is 0 Å². The molecule has 0 radical (unpaired) electrons. The molecule has 0 heterocycles. The van der Waals surface area contributed by atoms with Gasteiger partial charge in [-0.25, -0.2) is 0 Å². The Morgan fingerprint density at radius 3 is 2.29 bits per heavy atom. The van der Waals surface area contributed by atoms with Gasteiger partial charge in [-0.1, -0.05) is 48.5 Å². The van der Waals surface area contributed by atoms with Crippen LogP contribution in [0.5, 0.6) is 0 Å². The summed E-state index contributed by atoms with van der Waals surface area (Å²) in [6.45, 7) is 0. The molecule has 1 unspecified atom stereocenters. The zero-order valence-electron chi connectivity index (χ0n) is 9.83. The quantitative estimate of drug-likeness (QED) is 0.861. The summed E-state index contributed by atoms with van der Waals surface area (Å²) in [5.41, 5.74) is 0.883. The van der Waals surface area contributed by atoms with Gasteiger partial charge in [0.1, 0.15) is 0 Å². The third-order valence-electron chi connectivity index (χ3n) is 3.67. The molecule has 1 aromatic carbocycles. The highest BCUT2D eigenvalue weighted by Crippen LogP contribution is 2.31. The molecule has 3 heteroatoms. The summed E-state index contributed by atoms with van der Waals surface area (Å²) in [7, 11) is 0. The van der Waals surface area contributed by atoms with E-state index in [-0.39, 0.29) is 6.10 Å². The molecule has 1 atom stereocenters. The first-order valence-electron chi connectivity index (χ1n) is 6.29. The van der Waals surface area contributed by atoms with Crippen molar-refractivity contribution in [2.75, 3.05) is 0 Å². The smallest absolute Gasteiger partial charge is 0.0609 e. The van der Waals surface area contributed by atoms with Crippen molar-refractivity contribution in [1.29, 1.82) is 0 Å². The Morgan fingerprint density at radius 2 is 1.71 bits per heavy atom. The normalized spacial score (nSPS) is 19.2. The Balaban J connectivity index is 2.04. The molecule has 1 saturated carbocycles. The zero-order valence-corrected chi connectivity index (χ0v) is 11.3. The highest BCUT2D eigenvalue weighted by Gasteiger charge is 2.23. The lowest BCUT2D eigenvalue weighted by Gasteiger charge is -2.27. The lowest BCUT2D eigenvalue weighted by molar-refractivity contribution is 0.0851. The van der Waals surface area contributed by atoms with Gasteiger partial charge in [0.25, 0.3) is 0 Å². The number of benzene rings is 1. The van der Waals surface area contributed by atoms with Gasteiger partial charge in [-0.2, -0.15) is 0 Å². The average Bonchev–Trinajstić information content (AvgIpc) is 2.35. The molecule has 1 aromatic rings. The van der Waals surface area contributed by atoms with Crippen LogP contribution in [0.4, 0.5) is 0 Å². The van der Waals surface area contributed by atoms with E-state index in [2.05, 4.69) is 0 Å². The highest BCUT2D eigenvalue weighted by molar-refractivity contribution is 6.35. The molecule has 2 rings (SSSR count). The van der Waals surface area contributed by atoms with Crippen LogP contribution >= 0.6 is 23.2 Å². The molecule has 1 aliphatic carbocycles. The topological polar surface area (TPSA) is 20.2 Å². The number of hydrogen-bond acceptors (Lipinski definition) is 1. The van der Waals surface area contributed by atoms with Crippen LogP contribution in [-0.2, 0) is 6.42 Å². The van der Waals surface area contributed by atoms with Crippen LogP contribution in [0.25, 0.3) is 0 Å². The minimum atomic E-state index is -0.312. The second-order valence-corrected chi connectivity index (χ2v) is 5.68. The van der Waals surface area contributed by atoms with Crippen molar-refractivity contribution in [3.8, 4) is 0 Å². The molecule has 1 aliphatic rings. The van der Waals surface area contributed by atoms with Crippen molar-refractivity contribution in [2.24, 2.45) is 5.92 Å². The van der Waals surface area contributed by atoms with Crippen molar-refractivity contribution in [1.82, 2.24) is 0 Å². The number of rotatable bonds is 3. The first-order chi connectivity index (χ1) is 8.18. The third-order valence-corrected chi connectivity index (χ3v) is 4.38. The van der Waals surface area contributed by atoms with Crippen LogP contribution in [0.15, 0.2) is 18.2 Å². The van der Waals surface area contributed by atoms with Gasteiger partial charge < -0.3 is 5.11 Å². The molecule has 1 fully saturated rings. The van der Waals surface area contributed by atoms with Crippen LogP contribution in [0.1, 0.15) is 37.7 Å². The van der Waals surface area contributed by atoms with Gasteiger partial charge in [0, 0.05) is 16.5 Å². The third kappa shape index (κ3) is 3.37. The number of aliphatic hydroxyl groups is 1. The van der Waals surface area contributed by atoms with Gasteiger partial charge in [0.15, 0.2) is 0 Å². The molecule has 17 heavy (non-hydrogen) atoms. The largest absolute Gasteiger partial charge is 0.392 e. The molecule has 94 valence electrons. The molecule has 0 bridgehead atoms. The predicted octanol–water partition coefficient (Wildman–Crippen LogP) is 4.48. The molecule has 0 amide bonds. The van der Waals surface area contributed by atoms with E-state index in [1.807, 2.05) is 18.2 Å². The number of halogens is 2. The van der Waals surface area contributed by atoms with Crippen molar-refractivity contribution < 1.29 is 5.11 Å². The van der Waals surface area contributed by atoms with Crippen LogP contribution in [0.2, 0.25) is 10.0 Å². The Labute approximate surface area is 113 Å². The summed E-state index contributed by atoms with van der Waals surface area (Å²) < 4.78 is 0. The lowest BCUT2D eigenvalue weighted by Crippen LogP contribution is -2.25. The number of aliphatic hydroxyl groups excluding tert-OH is 1. The Kier molecular flexibility index (Phi) is 4.72. The van der Waals surface area contributed by atoms with E-state index in [1.54, 1.807) is 0 Å². The summed E-state index contributed by atoms with van der Waals surface area (Å²) in [6.07, 6.45) is 6.29. The van der Waals surface area contributed by atoms with Gasteiger partial charge in [-0.15, -0.1) is 0 Å². The van der Waals surface area contributed by atoms with E-state index in [9.17, 15) is 5.11 Å². The van der Waals surface area contributed by atoms with E-state index in [0.29, 0.717) is 22.4 Å².